The van der Waals surface area contributed by atoms with E-state index in [-0.39, 0.29) is 0 Å². The van der Waals surface area contributed by atoms with E-state index in [1.165, 1.54) is 16.9 Å². The molecule has 1 heterocycles. The second-order valence-corrected chi connectivity index (χ2v) is 2.86. The Labute approximate surface area is 66.8 Å². The smallest absolute Gasteiger partial charge is 0.139 e. The van der Waals surface area contributed by atoms with Crippen LogP contribution in [-0.4, -0.2) is 7.05 Å². The number of fused-ring (bicyclic) bond motifs is 1. The number of para-hydroxylation sites is 1. The molecule has 1 aliphatic rings. The van der Waals surface area contributed by atoms with Crippen molar-refractivity contribution in [2.75, 3.05) is 17.3 Å². The molecule has 11 heavy (non-hydrogen) atoms. The van der Waals surface area contributed by atoms with Crippen molar-refractivity contribution in [3.05, 3.63) is 30.4 Å². The summed E-state index contributed by atoms with van der Waals surface area (Å²) in [5, 5.41) is 3.19. The zero-order valence-electron chi connectivity index (χ0n) is 6.76. The van der Waals surface area contributed by atoms with Gasteiger partial charge in [0.1, 0.15) is 6.67 Å². The van der Waals surface area contributed by atoms with Gasteiger partial charge in [0.05, 0.1) is 11.4 Å². The molecule has 57 valence electrons. The molecule has 1 aromatic carbocycles. The van der Waals surface area contributed by atoms with Crippen LogP contribution in [0.25, 0.3) is 0 Å². The molecule has 1 aliphatic heterocycles. The molecule has 0 bridgehead atoms. The van der Waals surface area contributed by atoms with Crippen molar-refractivity contribution < 1.29 is 0 Å². The zero-order chi connectivity index (χ0) is 7.84. The molecule has 0 spiro atoms. The maximum absolute atomic E-state index is 3.19. The first-order chi connectivity index (χ1) is 5.29. The molecule has 0 unspecified atom stereocenters. The predicted octanol–water partition coefficient (Wildman–Crippen LogP) is 1.98. The van der Waals surface area contributed by atoms with Crippen LogP contribution in [0, 0.1) is 13.6 Å². The summed E-state index contributed by atoms with van der Waals surface area (Å²) in [5.41, 5.74) is 3.80. The Morgan fingerprint density at radius 2 is 2.18 bits per heavy atom. The summed E-state index contributed by atoms with van der Waals surface area (Å²) in [6, 6.07) is 6.27. The lowest BCUT2D eigenvalue weighted by Gasteiger charge is -2.11. The first-order valence-electron chi connectivity index (χ1n) is 3.71. The lowest BCUT2D eigenvalue weighted by molar-refractivity contribution is 1.14. The van der Waals surface area contributed by atoms with Gasteiger partial charge in [0, 0.05) is 7.05 Å². The summed E-state index contributed by atoms with van der Waals surface area (Å²) < 4.78 is 0. The van der Waals surface area contributed by atoms with Crippen LogP contribution in [0.1, 0.15) is 5.56 Å². The summed E-state index contributed by atoms with van der Waals surface area (Å²) in [4.78, 5) is 2.10. The normalized spacial score (nSPS) is 14.5. The number of rotatable bonds is 0. The van der Waals surface area contributed by atoms with E-state index in [0.717, 1.165) is 0 Å². The number of hydrogen-bond acceptors (Lipinski definition) is 2. The van der Waals surface area contributed by atoms with Gasteiger partial charge >= 0.3 is 0 Å². The Kier molecular flexibility index (Phi) is 1.28. The predicted molar refractivity (Wildman–Crippen MR) is 47.5 cm³/mol. The quantitative estimate of drug-likeness (QED) is 0.603. The van der Waals surface area contributed by atoms with Crippen molar-refractivity contribution in [1.29, 1.82) is 0 Å². The van der Waals surface area contributed by atoms with Gasteiger partial charge in [0.25, 0.3) is 0 Å². The average Bonchev–Trinajstić information content (AvgIpc) is 2.34. The molecule has 0 atom stereocenters. The SMILES string of the molecule is Cc1cccc2c1N(C)[CH]N2. The Hall–Kier alpha value is -1.18. The number of nitrogens with one attached hydrogen (secondary N) is 1. The fraction of sp³-hybridized carbons (Fsp3) is 0.222. The minimum Gasteiger partial charge on any atom is -0.360 e. The van der Waals surface area contributed by atoms with Crippen LogP contribution < -0.4 is 10.2 Å². The van der Waals surface area contributed by atoms with Gasteiger partial charge in [0.15, 0.2) is 0 Å². The molecule has 0 amide bonds. The summed E-state index contributed by atoms with van der Waals surface area (Å²) in [6.07, 6.45) is 0. The lowest BCUT2D eigenvalue weighted by Crippen LogP contribution is -2.10. The topological polar surface area (TPSA) is 15.3 Å². The highest BCUT2D eigenvalue weighted by Gasteiger charge is 2.16. The Balaban J connectivity index is 2.58. The van der Waals surface area contributed by atoms with E-state index >= 15 is 0 Å². The van der Waals surface area contributed by atoms with E-state index in [0.29, 0.717) is 0 Å². The highest BCUT2D eigenvalue weighted by Crippen LogP contribution is 2.34. The van der Waals surface area contributed by atoms with Crippen molar-refractivity contribution in [2.45, 2.75) is 6.92 Å². The van der Waals surface area contributed by atoms with E-state index in [4.69, 9.17) is 0 Å². The van der Waals surface area contributed by atoms with E-state index in [9.17, 15) is 0 Å². The number of hydrogen-bond donors (Lipinski definition) is 1. The van der Waals surface area contributed by atoms with Crippen LogP contribution in [0.5, 0.6) is 0 Å². The van der Waals surface area contributed by atoms with Crippen LogP contribution in [-0.2, 0) is 0 Å². The van der Waals surface area contributed by atoms with Crippen LogP contribution in [0.15, 0.2) is 18.2 Å². The Morgan fingerprint density at radius 3 is 2.91 bits per heavy atom. The average molecular weight is 147 g/mol. The largest absolute Gasteiger partial charge is 0.360 e. The first kappa shape index (κ1) is 6.53. The highest BCUT2D eigenvalue weighted by atomic mass is 15.3. The van der Waals surface area contributed by atoms with Crippen LogP contribution in [0.3, 0.4) is 0 Å². The molecule has 0 aromatic heterocycles. The van der Waals surface area contributed by atoms with Gasteiger partial charge in [0.2, 0.25) is 0 Å². The van der Waals surface area contributed by atoms with E-state index < -0.39 is 0 Å². The van der Waals surface area contributed by atoms with Gasteiger partial charge in [-0.05, 0) is 18.6 Å². The second kappa shape index (κ2) is 2.16. The van der Waals surface area contributed by atoms with E-state index in [2.05, 4.69) is 35.3 Å². The molecule has 0 fully saturated rings. The summed E-state index contributed by atoms with van der Waals surface area (Å²) in [6.45, 7) is 4.09. The molecule has 1 aromatic rings. The Morgan fingerprint density at radius 1 is 1.36 bits per heavy atom. The monoisotopic (exact) mass is 147 g/mol. The molecule has 0 aliphatic carbocycles. The summed E-state index contributed by atoms with van der Waals surface area (Å²) in [7, 11) is 2.05. The van der Waals surface area contributed by atoms with Crippen LogP contribution in [0.2, 0.25) is 0 Å². The van der Waals surface area contributed by atoms with Crippen LogP contribution >= 0.6 is 0 Å². The lowest BCUT2D eigenvalue weighted by atomic mass is 10.2. The van der Waals surface area contributed by atoms with Gasteiger partial charge < -0.3 is 10.2 Å². The third-order valence-corrected chi connectivity index (χ3v) is 2.00. The van der Waals surface area contributed by atoms with Gasteiger partial charge in [-0.2, -0.15) is 0 Å². The molecular weight excluding hydrogens is 136 g/mol. The van der Waals surface area contributed by atoms with Gasteiger partial charge in [-0.3, -0.25) is 0 Å². The van der Waals surface area contributed by atoms with Gasteiger partial charge in [-0.1, -0.05) is 12.1 Å². The van der Waals surface area contributed by atoms with Crippen molar-refractivity contribution in [2.24, 2.45) is 0 Å². The standard InChI is InChI=1S/C9H11N2/c1-7-4-3-5-8-9(7)11(2)6-10-8/h3-6,10H,1-2H3. The number of benzene rings is 1. The third-order valence-electron chi connectivity index (χ3n) is 2.00. The van der Waals surface area contributed by atoms with Crippen molar-refractivity contribution in [3.63, 3.8) is 0 Å². The summed E-state index contributed by atoms with van der Waals surface area (Å²) in [5.74, 6) is 0. The maximum Gasteiger partial charge on any atom is 0.139 e. The molecule has 2 heteroatoms. The minimum absolute atomic E-state index is 1.20. The molecule has 2 nitrogen and oxygen atoms in total. The molecule has 0 saturated carbocycles. The van der Waals surface area contributed by atoms with E-state index in [1.54, 1.807) is 0 Å². The summed E-state index contributed by atoms with van der Waals surface area (Å²) >= 11 is 0. The fourth-order valence-electron chi connectivity index (χ4n) is 1.47. The number of anilines is 2. The van der Waals surface area contributed by atoms with E-state index in [1.807, 2.05) is 13.7 Å². The third kappa shape index (κ3) is 0.862. The van der Waals surface area contributed by atoms with Crippen molar-refractivity contribution in [3.8, 4) is 0 Å². The minimum atomic E-state index is 1.20. The molecule has 1 radical (unpaired) electrons. The molecule has 2 rings (SSSR count). The molecule has 0 saturated heterocycles. The fourth-order valence-corrected chi connectivity index (χ4v) is 1.47. The number of nitrogens with zero attached hydrogens (tertiary/aromatic N) is 1. The van der Waals surface area contributed by atoms with Crippen molar-refractivity contribution in [1.82, 2.24) is 0 Å². The number of aryl methyl sites for hydroxylation is 1. The van der Waals surface area contributed by atoms with Gasteiger partial charge in [-0.25, -0.2) is 0 Å². The highest BCUT2D eigenvalue weighted by molar-refractivity contribution is 5.79. The molecule has 1 N–H and O–H groups in total. The van der Waals surface area contributed by atoms with Crippen molar-refractivity contribution >= 4 is 11.4 Å². The van der Waals surface area contributed by atoms with Gasteiger partial charge in [-0.15, -0.1) is 0 Å². The molecular formula is C9H11N2. The maximum atomic E-state index is 3.19. The first-order valence-corrected chi connectivity index (χ1v) is 3.71. The second-order valence-electron chi connectivity index (χ2n) is 2.86. The Bertz CT molecular complexity index is 281. The van der Waals surface area contributed by atoms with Crippen LogP contribution in [0.4, 0.5) is 11.4 Å². The zero-order valence-corrected chi connectivity index (χ0v) is 6.76.